The molecule has 1 aliphatic rings. The van der Waals surface area contributed by atoms with Crippen molar-refractivity contribution >= 4 is 23.5 Å². The van der Waals surface area contributed by atoms with E-state index >= 15 is 0 Å². The fourth-order valence-electron chi connectivity index (χ4n) is 3.48. The van der Waals surface area contributed by atoms with E-state index in [2.05, 4.69) is 5.32 Å². The number of nitrogens with zero attached hydrogens (tertiary/aromatic N) is 1. The number of esters is 1. The second-order valence-corrected chi connectivity index (χ2v) is 6.50. The summed E-state index contributed by atoms with van der Waals surface area (Å²) in [4.78, 5) is 38.1. The van der Waals surface area contributed by atoms with Crippen molar-refractivity contribution in [1.82, 2.24) is 4.90 Å². The number of hydrogen-bond acceptors (Lipinski definition) is 4. The van der Waals surface area contributed by atoms with Gasteiger partial charge in [0.05, 0.1) is 25.1 Å². The third-order valence-corrected chi connectivity index (χ3v) is 4.76. The number of anilines is 1. The molecule has 2 amide bonds. The van der Waals surface area contributed by atoms with E-state index in [9.17, 15) is 14.4 Å². The van der Waals surface area contributed by atoms with Crippen LogP contribution in [0.25, 0.3) is 0 Å². The van der Waals surface area contributed by atoms with Gasteiger partial charge in [-0.2, -0.15) is 0 Å². The van der Waals surface area contributed by atoms with Crippen molar-refractivity contribution < 1.29 is 19.1 Å². The lowest BCUT2D eigenvalue weighted by Crippen LogP contribution is -2.40. The summed E-state index contributed by atoms with van der Waals surface area (Å²) in [7, 11) is 1.31. The lowest BCUT2D eigenvalue weighted by molar-refractivity contribution is -0.132. The Morgan fingerprint density at radius 1 is 1.15 bits per heavy atom. The molecule has 1 N–H and O–H groups in total. The second-order valence-electron chi connectivity index (χ2n) is 6.50. The molecule has 27 heavy (non-hydrogen) atoms. The number of nitrogens with one attached hydrogen (secondary N) is 1. The Morgan fingerprint density at radius 3 is 2.67 bits per heavy atom. The van der Waals surface area contributed by atoms with Crippen molar-refractivity contribution in [2.24, 2.45) is 0 Å². The molecule has 0 aliphatic carbocycles. The highest BCUT2D eigenvalue weighted by Crippen LogP contribution is 2.32. The monoisotopic (exact) mass is 366 g/mol. The summed E-state index contributed by atoms with van der Waals surface area (Å²) in [5, 5.41) is 2.81. The van der Waals surface area contributed by atoms with Gasteiger partial charge in [0.2, 0.25) is 11.8 Å². The van der Waals surface area contributed by atoms with E-state index in [0.717, 1.165) is 12.0 Å². The molecule has 0 unspecified atom stereocenters. The SMILES string of the molecule is COC(=O)c1cccc(NC(=O)C[C@@H]2c3ccccc3CCN2C(C)=O)c1. The molecular weight excluding hydrogens is 344 g/mol. The number of amides is 2. The Labute approximate surface area is 158 Å². The Bertz CT molecular complexity index is 878. The maximum atomic E-state index is 12.6. The van der Waals surface area contributed by atoms with E-state index < -0.39 is 5.97 Å². The highest BCUT2D eigenvalue weighted by Gasteiger charge is 2.30. The first-order chi connectivity index (χ1) is 13.0. The van der Waals surface area contributed by atoms with Crippen LogP contribution >= 0.6 is 0 Å². The standard InChI is InChI=1S/C21H22N2O4/c1-14(24)23-11-10-15-6-3-4-9-18(15)19(23)13-20(25)22-17-8-5-7-16(12-17)21(26)27-2/h3-9,12,19H,10-11,13H2,1-2H3,(H,22,25)/t19-/m1/s1. The van der Waals surface area contributed by atoms with E-state index in [0.29, 0.717) is 17.8 Å². The van der Waals surface area contributed by atoms with Gasteiger partial charge in [0.1, 0.15) is 0 Å². The van der Waals surface area contributed by atoms with Crippen LogP contribution in [-0.2, 0) is 20.7 Å². The van der Waals surface area contributed by atoms with Gasteiger partial charge in [-0.1, -0.05) is 30.3 Å². The fourth-order valence-corrected chi connectivity index (χ4v) is 3.48. The van der Waals surface area contributed by atoms with Gasteiger partial charge in [-0.05, 0) is 35.7 Å². The lowest BCUT2D eigenvalue weighted by atomic mass is 9.90. The van der Waals surface area contributed by atoms with Gasteiger partial charge in [0.15, 0.2) is 0 Å². The molecular formula is C21H22N2O4. The van der Waals surface area contributed by atoms with Crippen LogP contribution in [0.3, 0.4) is 0 Å². The van der Waals surface area contributed by atoms with Crippen molar-refractivity contribution in [1.29, 1.82) is 0 Å². The zero-order chi connectivity index (χ0) is 19.4. The number of methoxy groups -OCH3 is 1. The normalized spacial score (nSPS) is 15.6. The largest absolute Gasteiger partial charge is 0.465 e. The van der Waals surface area contributed by atoms with Gasteiger partial charge in [0, 0.05) is 19.2 Å². The average Bonchev–Trinajstić information content (AvgIpc) is 2.67. The second kappa shape index (κ2) is 8.03. The van der Waals surface area contributed by atoms with Crippen LogP contribution in [0.1, 0.15) is 40.9 Å². The first-order valence-corrected chi connectivity index (χ1v) is 8.83. The van der Waals surface area contributed by atoms with Crippen LogP contribution in [0.15, 0.2) is 48.5 Å². The van der Waals surface area contributed by atoms with Gasteiger partial charge in [0.25, 0.3) is 0 Å². The van der Waals surface area contributed by atoms with E-state index in [-0.39, 0.29) is 24.3 Å². The third-order valence-electron chi connectivity index (χ3n) is 4.76. The molecule has 0 bridgehead atoms. The highest BCUT2D eigenvalue weighted by atomic mass is 16.5. The summed E-state index contributed by atoms with van der Waals surface area (Å²) >= 11 is 0. The van der Waals surface area contributed by atoms with Crippen LogP contribution in [0.5, 0.6) is 0 Å². The number of carbonyl (C=O) groups excluding carboxylic acids is 3. The van der Waals surface area contributed by atoms with Gasteiger partial charge in [-0.15, -0.1) is 0 Å². The minimum absolute atomic E-state index is 0.0463. The molecule has 1 atom stereocenters. The molecule has 2 aromatic carbocycles. The van der Waals surface area contributed by atoms with Crippen molar-refractivity contribution in [2.75, 3.05) is 19.0 Å². The number of fused-ring (bicyclic) bond motifs is 1. The summed E-state index contributed by atoms with van der Waals surface area (Å²) in [5.74, 6) is -0.727. The number of hydrogen-bond donors (Lipinski definition) is 1. The Kier molecular flexibility index (Phi) is 5.54. The molecule has 3 rings (SSSR count). The number of rotatable bonds is 4. The number of ether oxygens (including phenoxy) is 1. The van der Waals surface area contributed by atoms with Crippen LogP contribution in [0.2, 0.25) is 0 Å². The minimum atomic E-state index is -0.463. The Balaban J connectivity index is 1.78. The lowest BCUT2D eigenvalue weighted by Gasteiger charge is -2.36. The molecule has 2 aromatic rings. The summed E-state index contributed by atoms with van der Waals surface area (Å²) in [6.07, 6.45) is 0.939. The molecule has 0 fully saturated rings. The van der Waals surface area contributed by atoms with E-state index in [4.69, 9.17) is 4.74 Å². The van der Waals surface area contributed by atoms with E-state index in [1.54, 1.807) is 29.2 Å². The first kappa shape index (κ1) is 18.6. The fraction of sp³-hybridized carbons (Fsp3) is 0.286. The first-order valence-electron chi connectivity index (χ1n) is 8.83. The zero-order valence-electron chi connectivity index (χ0n) is 15.4. The minimum Gasteiger partial charge on any atom is -0.465 e. The molecule has 0 spiro atoms. The molecule has 0 aromatic heterocycles. The van der Waals surface area contributed by atoms with Crippen LogP contribution in [0, 0.1) is 0 Å². The topological polar surface area (TPSA) is 75.7 Å². The van der Waals surface area contributed by atoms with Gasteiger partial charge in [-0.3, -0.25) is 9.59 Å². The molecule has 1 aliphatic heterocycles. The Morgan fingerprint density at radius 2 is 1.93 bits per heavy atom. The number of benzene rings is 2. The summed E-state index contributed by atoms with van der Waals surface area (Å²) in [6.45, 7) is 2.13. The molecule has 0 saturated carbocycles. The summed E-state index contributed by atoms with van der Waals surface area (Å²) in [5.41, 5.74) is 3.06. The molecule has 6 heteroatoms. The molecule has 140 valence electrons. The van der Waals surface area contributed by atoms with Crippen molar-refractivity contribution in [2.45, 2.75) is 25.8 Å². The van der Waals surface area contributed by atoms with Crippen LogP contribution < -0.4 is 5.32 Å². The van der Waals surface area contributed by atoms with Crippen LogP contribution in [0.4, 0.5) is 5.69 Å². The predicted molar refractivity (Wildman–Crippen MR) is 101 cm³/mol. The van der Waals surface area contributed by atoms with Crippen molar-refractivity contribution in [3.05, 3.63) is 65.2 Å². The van der Waals surface area contributed by atoms with E-state index in [1.165, 1.54) is 19.6 Å². The van der Waals surface area contributed by atoms with Crippen molar-refractivity contribution in [3.8, 4) is 0 Å². The van der Waals surface area contributed by atoms with Gasteiger partial charge in [-0.25, -0.2) is 4.79 Å². The molecule has 0 radical (unpaired) electrons. The maximum absolute atomic E-state index is 12.6. The summed E-state index contributed by atoms with van der Waals surface area (Å²) < 4.78 is 4.70. The predicted octanol–water partition coefficient (Wildman–Crippen LogP) is 2.95. The summed E-state index contributed by atoms with van der Waals surface area (Å²) in [6, 6.07) is 14.2. The average molecular weight is 366 g/mol. The molecule has 6 nitrogen and oxygen atoms in total. The smallest absolute Gasteiger partial charge is 0.337 e. The number of carbonyl (C=O) groups is 3. The molecule has 0 saturated heterocycles. The van der Waals surface area contributed by atoms with Crippen LogP contribution in [-0.4, -0.2) is 36.3 Å². The maximum Gasteiger partial charge on any atom is 0.337 e. The molecule has 1 heterocycles. The quantitative estimate of drug-likeness (QED) is 0.844. The zero-order valence-corrected chi connectivity index (χ0v) is 15.4. The van der Waals surface area contributed by atoms with E-state index in [1.807, 2.05) is 24.3 Å². The van der Waals surface area contributed by atoms with Gasteiger partial charge >= 0.3 is 5.97 Å². The Hall–Kier alpha value is -3.15. The van der Waals surface area contributed by atoms with Gasteiger partial charge < -0.3 is 15.0 Å². The third kappa shape index (κ3) is 4.16. The van der Waals surface area contributed by atoms with Crippen molar-refractivity contribution in [3.63, 3.8) is 0 Å². The highest BCUT2D eigenvalue weighted by molar-refractivity contribution is 5.95.